The predicted octanol–water partition coefficient (Wildman–Crippen LogP) is 1.54. The van der Waals surface area contributed by atoms with Gasteiger partial charge < -0.3 is 10.1 Å². The van der Waals surface area contributed by atoms with Gasteiger partial charge in [-0.1, -0.05) is 0 Å². The van der Waals surface area contributed by atoms with Crippen LogP contribution < -0.4 is 0 Å². The Bertz CT molecular complexity index is 309. The molecule has 0 aliphatic rings. The van der Waals surface area contributed by atoms with Crippen LogP contribution in [-0.2, 0) is 7.05 Å². The molecule has 0 atom stereocenters. The molecule has 1 aromatic heterocycles. The summed E-state index contributed by atoms with van der Waals surface area (Å²) >= 11 is 3.92. The lowest BCUT2D eigenvalue weighted by Gasteiger charge is -1.85. The quantitative estimate of drug-likeness (QED) is 0.423. The fraction of sp³-hybridized carbons (Fsp3) is 0.250. The maximum Gasteiger partial charge on any atom is 0.404 e. The van der Waals surface area contributed by atoms with Crippen molar-refractivity contribution in [3.63, 3.8) is 0 Å². The molecular formula is C4H3I2N3O2. The predicted molar refractivity (Wildman–Crippen MR) is 55.3 cm³/mol. The van der Waals surface area contributed by atoms with Crippen molar-refractivity contribution in [3.05, 3.63) is 17.4 Å². The van der Waals surface area contributed by atoms with Crippen molar-refractivity contribution in [1.29, 1.82) is 0 Å². The molecule has 0 saturated heterocycles. The molecule has 11 heavy (non-hydrogen) atoms. The lowest BCUT2D eigenvalue weighted by Crippen LogP contribution is -1.93. The summed E-state index contributed by atoms with van der Waals surface area (Å²) in [5, 5.41) is 14.0. The average molecular weight is 379 g/mol. The second-order valence-corrected chi connectivity index (χ2v) is 3.91. The van der Waals surface area contributed by atoms with Gasteiger partial charge in [0.2, 0.25) is 0 Å². The van der Waals surface area contributed by atoms with E-state index in [9.17, 15) is 10.1 Å². The van der Waals surface area contributed by atoms with Crippen LogP contribution in [0.3, 0.4) is 0 Å². The van der Waals surface area contributed by atoms with Gasteiger partial charge in [-0.15, -0.1) is 0 Å². The summed E-state index contributed by atoms with van der Waals surface area (Å²) in [6, 6.07) is 0. The van der Waals surface area contributed by atoms with Gasteiger partial charge in [0.05, 0.1) is 12.1 Å². The van der Waals surface area contributed by atoms with Crippen LogP contribution in [0.25, 0.3) is 0 Å². The first-order valence-corrected chi connectivity index (χ1v) is 4.72. The lowest BCUT2D eigenvalue weighted by atomic mass is 10.7. The molecule has 1 aromatic rings. The van der Waals surface area contributed by atoms with Gasteiger partial charge in [-0.05, 0) is 50.1 Å². The average Bonchev–Trinajstić information content (AvgIpc) is 2.17. The molecule has 0 amide bonds. The van der Waals surface area contributed by atoms with Gasteiger partial charge in [0.25, 0.3) is 0 Å². The number of aryl methyl sites for hydroxylation is 1. The van der Waals surface area contributed by atoms with Gasteiger partial charge in [-0.2, -0.15) is 4.68 Å². The van der Waals surface area contributed by atoms with Crippen LogP contribution in [-0.4, -0.2) is 14.7 Å². The van der Waals surface area contributed by atoms with E-state index in [4.69, 9.17) is 0 Å². The summed E-state index contributed by atoms with van der Waals surface area (Å²) in [7, 11) is 1.68. The fourth-order valence-corrected chi connectivity index (χ4v) is 1.58. The third kappa shape index (κ3) is 1.63. The second-order valence-electron chi connectivity index (χ2n) is 1.81. The molecular weight excluding hydrogens is 376 g/mol. The first-order valence-electron chi connectivity index (χ1n) is 2.56. The van der Waals surface area contributed by atoms with Crippen molar-refractivity contribution in [2.24, 2.45) is 7.05 Å². The minimum Gasteiger partial charge on any atom is -0.358 e. The zero-order chi connectivity index (χ0) is 8.59. The number of hydrogen-bond donors (Lipinski definition) is 0. The maximum atomic E-state index is 10.3. The SMILES string of the molecule is Cn1nc([N+](=O)[O-])c(I)c1I. The molecule has 0 aromatic carbocycles. The molecule has 5 nitrogen and oxygen atoms in total. The summed E-state index contributed by atoms with van der Waals surface area (Å²) in [6.07, 6.45) is 0. The largest absolute Gasteiger partial charge is 0.404 e. The van der Waals surface area contributed by atoms with E-state index in [0.29, 0.717) is 3.57 Å². The van der Waals surface area contributed by atoms with Crippen LogP contribution in [0.1, 0.15) is 0 Å². The van der Waals surface area contributed by atoms with E-state index in [0.717, 1.165) is 3.70 Å². The number of aromatic nitrogens is 2. The van der Waals surface area contributed by atoms with Gasteiger partial charge in [-0.25, -0.2) is 0 Å². The second kappa shape index (κ2) is 3.21. The van der Waals surface area contributed by atoms with Crippen LogP contribution in [0.2, 0.25) is 0 Å². The molecule has 1 rings (SSSR count). The molecule has 0 radical (unpaired) electrons. The summed E-state index contributed by atoms with van der Waals surface area (Å²) in [5.74, 6) is -0.0718. The Hall–Kier alpha value is 0.0700. The number of hydrogen-bond acceptors (Lipinski definition) is 3. The van der Waals surface area contributed by atoms with Crippen LogP contribution in [0.15, 0.2) is 0 Å². The molecule has 0 saturated carbocycles. The molecule has 7 heteroatoms. The minimum atomic E-state index is -0.482. The normalized spacial score (nSPS) is 10.1. The third-order valence-electron chi connectivity index (χ3n) is 1.08. The molecule has 0 bridgehead atoms. The van der Waals surface area contributed by atoms with E-state index in [1.165, 1.54) is 4.68 Å². The van der Waals surface area contributed by atoms with E-state index in [-0.39, 0.29) is 5.82 Å². The molecule has 0 N–H and O–H groups in total. The minimum absolute atomic E-state index is 0.0718. The van der Waals surface area contributed by atoms with E-state index in [1.807, 2.05) is 45.2 Å². The molecule has 0 unspecified atom stereocenters. The van der Waals surface area contributed by atoms with E-state index in [2.05, 4.69) is 5.10 Å². The van der Waals surface area contributed by atoms with Crippen molar-refractivity contribution in [1.82, 2.24) is 9.78 Å². The third-order valence-corrected chi connectivity index (χ3v) is 4.34. The topological polar surface area (TPSA) is 61.0 Å². The van der Waals surface area contributed by atoms with E-state index in [1.54, 1.807) is 7.05 Å². The smallest absolute Gasteiger partial charge is 0.358 e. The van der Waals surface area contributed by atoms with Gasteiger partial charge >= 0.3 is 5.82 Å². The zero-order valence-corrected chi connectivity index (χ0v) is 9.73. The molecule has 60 valence electrons. The highest BCUT2D eigenvalue weighted by Crippen LogP contribution is 2.23. The Kier molecular flexibility index (Phi) is 2.67. The van der Waals surface area contributed by atoms with Gasteiger partial charge in [0.1, 0.15) is 7.27 Å². The van der Waals surface area contributed by atoms with Crippen LogP contribution in [0.5, 0.6) is 0 Å². The summed E-state index contributed by atoms with van der Waals surface area (Å²) in [4.78, 5) is 9.83. The Morgan fingerprint density at radius 1 is 1.64 bits per heavy atom. The number of nitro groups is 1. The van der Waals surface area contributed by atoms with Crippen molar-refractivity contribution >= 4 is 51.0 Å². The standard InChI is InChI=1S/C4H3I2N3O2/c1-8-3(6)2(5)4(7-8)9(10)11/h1H3. The van der Waals surface area contributed by atoms with Gasteiger partial charge in [0.15, 0.2) is 0 Å². The Morgan fingerprint density at radius 3 is 2.36 bits per heavy atom. The highest BCUT2D eigenvalue weighted by molar-refractivity contribution is 14.1. The van der Waals surface area contributed by atoms with E-state index < -0.39 is 4.92 Å². The van der Waals surface area contributed by atoms with Crippen molar-refractivity contribution < 1.29 is 4.92 Å². The first kappa shape index (κ1) is 9.16. The zero-order valence-electron chi connectivity index (χ0n) is 5.41. The lowest BCUT2D eigenvalue weighted by molar-refractivity contribution is -0.390. The van der Waals surface area contributed by atoms with Gasteiger partial charge in [-0.3, -0.25) is 0 Å². The number of halogens is 2. The Balaban J connectivity index is 3.29. The first-order chi connectivity index (χ1) is 5.04. The van der Waals surface area contributed by atoms with Crippen molar-refractivity contribution in [3.8, 4) is 0 Å². The van der Waals surface area contributed by atoms with E-state index >= 15 is 0 Å². The summed E-state index contributed by atoms with van der Waals surface area (Å²) < 4.78 is 2.87. The van der Waals surface area contributed by atoms with Crippen LogP contribution in [0.4, 0.5) is 5.82 Å². The summed E-state index contributed by atoms with van der Waals surface area (Å²) in [6.45, 7) is 0. The molecule has 0 fully saturated rings. The Labute approximate surface area is 89.6 Å². The molecule has 1 heterocycles. The van der Waals surface area contributed by atoms with Gasteiger partial charge in [0, 0.05) is 0 Å². The monoisotopic (exact) mass is 379 g/mol. The van der Waals surface area contributed by atoms with Crippen molar-refractivity contribution in [2.45, 2.75) is 0 Å². The highest BCUT2D eigenvalue weighted by atomic mass is 127. The highest BCUT2D eigenvalue weighted by Gasteiger charge is 2.21. The summed E-state index contributed by atoms with van der Waals surface area (Å²) in [5.41, 5.74) is 0. The van der Waals surface area contributed by atoms with Crippen molar-refractivity contribution in [2.75, 3.05) is 0 Å². The fourth-order valence-electron chi connectivity index (χ4n) is 0.581. The Morgan fingerprint density at radius 2 is 2.18 bits per heavy atom. The van der Waals surface area contributed by atoms with Crippen LogP contribution in [0, 0.1) is 17.4 Å². The maximum absolute atomic E-state index is 10.3. The number of nitrogens with zero attached hydrogens (tertiary/aromatic N) is 3. The number of rotatable bonds is 1. The molecule has 0 spiro atoms. The molecule has 0 aliphatic heterocycles. The van der Waals surface area contributed by atoms with Crippen LogP contribution >= 0.6 is 45.2 Å². The molecule has 0 aliphatic carbocycles.